The van der Waals surface area contributed by atoms with Gasteiger partial charge < -0.3 is 5.32 Å². The molecule has 0 aliphatic heterocycles. The maximum atomic E-state index is 12.5. The van der Waals surface area contributed by atoms with Crippen molar-refractivity contribution >= 4 is 17.0 Å². The van der Waals surface area contributed by atoms with E-state index >= 15 is 0 Å². The number of allylic oxidation sites excluding steroid dienone is 1. The molecule has 0 bridgehead atoms. The van der Waals surface area contributed by atoms with E-state index in [9.17, 15) is 9.18 Å². The fraction of sp³-hybridized carbons (Fsp3) is 0.182. The van der Waals surface area contributed by atoms with Crippen LogP contribution in [0.2, 0.25) is 0 Å². The largest absolute Gasteiger partial charge is 0.349 e. The molecule has 0 spiro atoms. The summed E-state index contributed by atoms with van der Waals surface area (Å²) < 4.78 is 14.1. The molecule has 0 fully saturated rings. The molecule has 2 rings (SSSR count). The van der Waals surface area contributed by atoms with Crippen molar-refractivity contribution in [3.8, 4) is 0 Å². The van der Waals surface area contributed by atoms with E-state index in [1.807, 2.05) is 0 Å². The first-order valence-corrected chi connectivity index (χ1v) is 5.25. The van der Waals surface area contributed by atoms with Crippen LogP contribution in [0.5, 0.6) is 0 Å². The zero-order valence-corrected chi connectivity index (χ0v) is 9.61. The predicted octanol–water partition coefficient (Wildman–Crippen LogP) is 1.20. The van der Waals surface area contributed by atoms with Crippen molar-refractivity contribution in [1.82, 2.24) is 19.7 Å². The van der Waals surface area contributed by atoms with Crippen LogP contribution < -0.4 is 10.9 Å². The second-order valence-corrected chi connectivity index (χ2v) is 3.64. The standard InChI is InChI=1S/C11H12FN5O/c1-3-4-17-9-8(6-14-17)10(18)16-11(15-9)13-5-7(2)12/h3,6H,1-2,4-5H2,(H2,13,15,16,18). The van der Waals surface area contributed by atoms with Gasteiger partial charge in [-0.1, -0.05) is 12.7 Å². The van der Waals surface area contributed by atoms with E-state index in [2.05, 4.69) is 33.5 Å². The Bertz CT molecular complexity index is 657. The first kappa shape index (κ1) is 12.0. The third kappa shape index (κ3) is 2.29. The molecule has 2 aromatic heterocycles. The second-order valence-electron chi connectivity index (χ2n) is 3.64. The summed E-state index contributed by atoms with van der Waals surface area (Å²) in [5.74, 6) is -0.366. The highest BCUT2D eigenvalue weighted by molar-refractivity contribution is 5.74. The summed E-state index contributed by atoms with van der Waals surface area (Å²) >= 11 is 0. The van der Waals surface area contributed by atoms with E-state index in [1.165, 1.54) is 10.9 Å². The van der Waals surface area contributed by atoms with Crippen molar-refractivity contribution in [2.75, 3.05) is 11.9 Å². The lowest BCUT2D eigenvalue weighted by atomic mass is 10.4. The van der Waals surface area contributed by atoms with E-state index in [0.29, 0.717) is 17.6 Å². The van der Waals surface area contributed by atoms with Crippen LogP contribution in [0.15, 0.2) is 36.1 Å². The molecule has 94 valence electrons. The minimum atomic E-state index is -0.544. The molecule has 0 radical (unpaired) electrons. The van der Waals surface area contributed by atoms with Gasteiger partial charge in [-0.3, -0.25) is 9.78 Å². The molecule has 2 N–H and O–H groups in total. The highest BCUT2D eigenvalue weighted by atomic mass is 19.1. The lowest BCUT2D eigenvalue weighted by Crippen LogP contribution is -2.14. The van der Waals surface area contributed by atoms with Gasteiger partial charge in [-0.05, 0) is 0 Å². The van der Waals surface area contributed by atoms with E-state index in [-0.39, 0.29) is 18.1 Å². The summed E-state index contributed by atoms with van der Waals surface area (Å²) in [4.78, 5) is 18.4. The Morgan fingerprint density at radius 2 is 2.44 bits per heavy atom. The van der Waals surface area contributed by atoms with Crippen LogP contribution >= 0.6 is 0 Å². The molecule has 7 heteroatoms. The fourth-order valence-corrected chi connectivity index (χ4v) is 1.48. The number of aromatic amines is 1. The Morgan fingerprint density at radius 1 is 1.67 bits per heavy atom. The second kappa shape index (κ2) is 4.82. The molecule has 18 heavy (non-hydrogen) atoms. The Balaban J connectivity index is 2.44. The molecule has 0 saturated carbocycles. The van der Waals surface area contributed by atoms with Gasteiger partial charge in [0.15, 0.2) is 5.65 Å². The third-order valence-corrected chi connectivity index (χ3v) is 2.26. The van der Waals surface area contributed by atoms with E-state index in [0.717, 1.165) is 0 Å². The van der Waals surface area contributed by atoms with Crippen molar-refractivity contribution in [2.45, 2.75) is 6.54 Å². The van der Waals surface area contributed by atoms with Crippen molar-refractivity contribution in [2.24, 2.45) is 0 Å². The SMILES string of the molecule is C=CCn1ncc2c(=O)[nH]c(NCC(=C)F)nc21. The first-order chi connectivity index (χ1) is 8.61. The molecule has 6 nitrogen and oxygen atoms in total. The monoisotopic (exact) mass is 249 g/mol. The fourth-order valence-electron chi connectivity index (χ4n) is 1.48. The van der Waals surface area contributed by atoms with Crippen LogP contribution in [-0.4, -0.2) is 26.3 Å². The highest BCUT2D eigenvalue weighted by Crippen LogP contribution is 2.08. The van der Waals surface area contributed by atoms with Crippen LogP contribution in [0.1, 0.15) is 0 Å². The number of halogens is 1. The van der Waals surface area contributed by atoms with Crippen LogP contribution in [0.3, 0.4) is 0 Å². The quantitative estimate of drug-likeness (QED) is 0.781. The Hall–Kier alpha value is -2.44. The molecule has 0 saturated heterocycles. The van der Waals surface area contributed by atoms with Gasteiger partial charge in [0.1, 0.15) is 11.2 Å². The number of aromatic nitrogens is 4. The number of fused-ring (bicyclic) bond motifs is 1. The predicted molar refractivity (Wildman–Crippen MR) is 67.1 cm³/mol. The topological polar surface area (TPSA) is 75.6 Å². The van der Waals surface area contributed by atoms with Crippen molar-refractivity contribution < 1.29 is 4.39 Å². The number of H-pyrrole nitrogens is 1. The van der Waals surface area contributed by atoms with Crippen molar-refractivity contribution in [1.29, 1.82) is 0 Å². The molecular weight excluding hydrogens is 237 g/mol. The van der Waals surface area contributed by atoms with Gasteiger partial charge in [0, 0.05) is 0 Å². The normalized spacial score (nSPS) is 10.5. The van der Waals surface area contributed by atoms with Crippen molar-refractivity contribution in [3.05, 3.63) is 41.6 Å². The van der Waals surface area contributed by atoms with E-state index in [1.54, 1.807) is 6.08 Å². The van der Waals surface area contributed by atoms with Gasteiger partial charge in [0.25, 0.3) is 5.56 Å². The maximum absolute atomic E-state index is 12.5. The molecular formula is C11H12FN5O. The first-order valence-electron chi connectivity index (χ1n) is 5.25. The minimum absolute atomic E-state index is 0.107. The highest BCUT2D eigenvalue weighted by Gasteiger charge is 2.09. The Morgan fingerprint density at radius 3 is 3.11 bits per heavy atom. The van der Waals surface area contributed by atoms with Crippen LogP contribution in [0.25, 0.3) is 11.0 Å². The number of rotatable bonds is 5. The summed E-state index contributed by atoms with van der Waals surface area (Å²) in [6.45, 7) is 7.04. The Labute approximate surface area is 102 Å². The lowest BCUT2D eigenvalue weighted by molar-refractivity contribution is 0.630. The summed E-state index contributed by atoms with van der Waals surface area (Å²) in [5, 5.41) is 7.03. The minimum Gasteiger partial charge on any atom is -0.349 e. The summed E-state index contributed by atoms with van der Waals surface area (Å²) in [7, 11) is 0. The zero-order valence-electron chi connectivity index (χ0n) is 9.61. The number of hydrogen-bond acceptors (Lipinski definition) is 4. The number of nitrogens with one attached hydrogen (secondary N) is 2. The average molecular weight is 249 g/mol. The number of nitrogens with zero attached hydrogens (tertiary/aromatic N) is 3. The van der Waals surface area contributed by atoms with Gasteiger partial charge in [-0.15, -0.1) is 6.58 Å². The smallest absolute Gasteiger partial charge is 0.263 e. The zero-order chi connectivity index (χ0) is 13.1. The molecule has 0 amide bonds. The van der Waals surface area contributed by atoms with Crippen molar-refractivity contribution in [3.63, 3.8) is 0 Å². The van der Waals surface area contributed by atoms with Gasteiger partial charge in [-0.2, -0.15) is 10.1 Å². The number of hydrogen-bond donors (Lipinski definition) is 2. The van der Waals surface area contributed by atoms with Crippen LogP contribution in [0.4, 0.5) is 10.3 Å². The van der Waals surface area contributed by atoms with Gasteiger partial charge in [-0.25, -0.2) is 9.07 Å². The van der Waals surface area contributed by atoms with Gasteiger partial charge in [0.2, 0.25) is 5.95 Å². The average Bonchev–Trinajstić information content (AvgIpc) is 2.71. The number of anilines is 1. The van der Waals surface area contributed by atoms with E-state index < -0.39 is 5.83 Å². The molecule has 0 aliphatic carbocycles. The van der Waals surface area contributed by atoms with Gasteiger partial charge >= 0.3 is 0 Å². The van der Waals surface area contributed by atoms with Crippen LogP contribution in [-0.2, 0) is 6.54 Å². The summed E-state index contributed by atoms with van der Waals surface area (Å²) in [6, 6.07) is 0. The molecule has 0 atom stereocenters. The molecule has 0 aliphatic rings. The van der Waals surface area contributed by atoms with Crippen LogP contribution in [0, 0.1) is 0 Å². The maximum Gasteiger partial charge on any atom is 0.263 e. The summed E-state index contributed by atoms with van der Waals surface area (Å²) in [5.41, 5.74) is 0.0907. The summed E-state index contributed by atoms with van der Waals surface area (Å²) in [6.07, 6.45) is 3.08. The Kier molecular flexibility index (Phi) is 3.22. The third-order valence-electron chi connectivity index (χ3n) is 2.26. The lowest BCUT2D eigenvalue weighted by Gasteiger charge is -2.04. The molecule has 2 aromatic rings. The molecule has 0 unspecified atom stereocenters. The molecule has 2 heterocycles. The van der Waals surface area contributed by atoms with Gasteiger partial charge in [0.05, 0.1) is 19.3 Å². The molecule has 0 aromatic carbocycles. The van der Waals surface area contributed by atoms with E-state index in [4.69, 9.17) is 0 Å².